The van der Waals surface area contributed by atoms with Crippen molar-refractivity contribution in [2.24, 2.45) is 5.73 Å². The van der Waals surface area contributed by atoms with Crippen molar-refractivity contribution in [2.45, 2.75) is 77.3 Å². The molecular formula is C53H55ClN14O4. The van der Waals surface area contributed by atoms with Crippen LogP contribution in [0.1, 0.15) is 83.3 Å². The van der Waals surface area contributed by atoms with Gasteiger partial charge in [0, 0.05) is 76.8 Å². The summed E-state index contributed by atoms with van der Waals surface area (Å²) in [6.07, 6.45) is 15.2. The van der Waals surface area contributed by atoms with Crippen LogP contribution in [-0.4, -0.2) is 99.6 Å². The molecule has 2 aliphatic rings. The number of aromatic nitrogens is 10. The van der Waals surface area contributed by atoms with Gasteiger partial charge < -0.3 is 20.9 Å². The van der Waals surface area contributed by atoms with Gasteiger partial charge in [-0.3, -0.25) is 28.9 Å². The summed E-state index contributed by atoms with van der Waals surface area (Å²) in [5.41, 5.74) is 14.6. The van der Waals surface area contributed by atoms with Gasteiger partial charge in [-0.15, -0.1) is 0 Å². The number of nitrogens with zero attached hydrogens (tertiary/aromatic N) is 12. The Labute approximate surface area is 422 Å². The number of hydrogen-bond donors (Lipinski definition) is 3. The summed E-state index contributed by atoms with van der Waals surface area (Å²) >= 11 is 6.09. The molecule has 0 bridgehead atoms. The zero-order chi connectivity index (χ0) is 51.0. The van der Waals surface area contributed by atoms with Gasteiger partial charge in [-0.25, -0.2) is 19.7 Å². The minimum atomic E-state index is -0.529. The lowest BCUT2D eigenvalue weighted by Gasteiger charge is -2.13. The van der Waals surface area contributed by atoms with Crippen LogP contribution < -0.4 is 11.1 Å². The second-order valence-corrected chi connectivity index (χ2v) is 17.2. The first-order valence-electron chi connectivity index (χ1n) is 23.6. The third kappa shape index (κ3) is 12.7. The number of nitrogens with one attached hydrogen (secondary N) is 1. The largest absolute Gasteiger partial charge is 0.394 e. The highest BCUT2D eigenvalue weighted by Crippen LogP contribution is 2.41. The molecule has 6 aromatic heterocycles. The van der Waals surface area contributed by atoms with Crippen LogP contribution in [0.15, 0.2) is 97.8 Å². The van der Waals surface area contributed by atoms with Gasteiger partial charge >= 0.3 is 0 Å². The highest BCUT2D eigenvalue weighted by molar-refractivity contribution is 6.28. The highest BCUT2D eigenvalue weighted by atomic mass is 35.5. The first kappa shape index (κ1) is 52.0. The number of halogens is 1. The van der Waals surface area contributed by atoms with Crippen LogP contribution in [0.4, 0.5) is 17.3 Å². The number of anilines is 1. The van der Waals surface area contributed by atoms with Gasteiger partial charge in [0.25, 0.3) is 0 Å². The lowest BCUT2D eigenvalue weighted by molar-refractivity contribution is -0.119. The lowest BCUT2D eigenvalue weighted by Crippen LogP contribution is -2.14. The maximum Gasteiger partial charge on any atom is 0.225 e. The van der Waals surface area contributed by atoms with Gasteiger partial charge in [0.2, 0.25) is 11.2 Å². The molecule has 2 unspecified atom stereocenters. The topological polar surface area (TPSA) is 223 Å². The maximum atomic E-state index is 13.1. The number of carbonyl (C=O) groups excluding carboxylic acids is 2. The summed E-state index contributed by atoms with van der Waals surface area (Å²) in [5.74, 6) is -0.469. The lowest BCUT2D eigenvalue weighted by atomic mass is 9.94. The Kier molecular flexibility index (Phi) is 18.3. The van der Waals surface area contributed by atoms with Crippen molar-refractivity contribution in [1.29, 1.82) is 0 Å². The molecule has 2 aromatic carbocycles. The number of carbonyl (C=O) groups is 2. The monoisotopic (exact) mass is 986 g/mol. The van der Waals surface area contributed by atoms with Crippen molar-refractivity contribution in [1.82, 2.24) is 49.5 Å². The Morgan fingerprint density at radius 1 is 0.764 bits per heavy atom. The predicted octanol–water partition coefficient (Wildman–Crippen LogP) is 8.00. The summed E-state index contributed by atoms with van der Waals surface area (Å²) in [6, 6.07) is 18.7. The van der Waals surface area contributed by atoms with Crippen LogP contribution in [0, 0.1) is 13.1 Å². The zero-order valence-electron chi connectivity index (χ0n) is 40.4. The first-order chi connectivity index (χ1) is 35.1. The smallest absolute Gasteiger partial charge is 0.225 e. The molecular weight excluding hydrogens is 932 g/mol. The van der Waals surface area contributed by atoms with E-state index in [0.717, 1.165) is 77.4 Å². The molecule has 0 fully saturated rings. The third-order valence-electron chi connectivity index (χ3n) is 11.7. The molecule has 10 rings (SSSR count). The second kappa shape index (κ2) is 25.3. The summed E-state index contributed by atoms with van der Waals surface area (Å²) in [4.78, 5) is 58.9. The van der Waals surface area contributed by atoms with E-state index in [-0.39, 0.29) is 23.5 Å². The van der Waals surface area contributed by atoms with Gasteiger partial charge in [0.05, 0.1) is 60.4 Å². The molecule has 6 heterocycles. The number of aliphatic hydroxyl groups excluding tert-OH is 1. The minimum Gasteiger partial charge on any atom is -0.394 e. The van der Waals surface area contributed by atoms with Gasteiger partial charge in [-0.1, -0.05) is 62.4 Å². The van der Waals surface area contributed by atoms with E-state index in [1.54, 1.807) is 42.4 Å². The van der Waals surface area contributed by atoms with E-state index in [2.05, 4.69) is 68.7 Å². The first-order valence-corrected chi connectivity index (χ1v) is 24.0. The maximum absolute atomic E-state index is 13.1. The number of rotatable bonds is 14. The molecule has 0 saturated heterocycles. The molecule has 18 nitrogen and oxygen atoms in total. The Morgan fingerprint density at radius 2 is 1.29 bits per heavy atom. The number of nitrogens with two attached hydrogens (primary N) is 1. The van der Waals surface area contributed by atoms with Crippen molar-refractivity contribution in [2.75, 3.05) is 38.7 Å². The Morgan fingerprint density at radius 3 is 1.75 bits per heavy atom. The van der Waals surface area contributed by atoms with Crippen molar-refractivity contribution >= 4 is 62.6 Å². The summed E-state index contributed by atoms with van der Waals surface area (Å²) in [7, 11) is 1.55. The SMILES string of the molecule is COCCO.NCCc1cccnc1.[C-]#[N+]c1ccc2c(c1)C(c1nc(Cl)nc3nn(CCC)cc13)C(=O)C2.[C-]#[N+]c1ccc2c(c1)C(c1nc(NCCc3cccnc3)nc3nn(CCC)cc13)C(=O)C2. The zero-order valence-corrected chi connectivity index (χ0v) is 41.1. The third-order valence-corrected chi connectivity index (χ3v) is 11.9. The van der Waals surface area contributed by atoms with E-state index in [0.29, 0.717) is 72.5 Å². The average Bonchev–Trinajstić information content (AvgIpc) is 4.16. The number of aliphatic hydroxyl groups is 1. The summed E-state index contributed by atoms with van der Waals surface area (Å²) < 4.78 is 8.10. The molecule has 2 aliphatic carbocycles. The molecule has 368 valence electrons. The summed E-state index contributed by atoms with van der Waals surface area (Å²) in [6.45, 7) is 22.2. The van der Waals surface area contributed by atoms with E-state index in [4.69, 9.17) is 40.6 Å². The molecule has 72 heavy (non-hydrogen) atoms. The van der Waals surface area contributed by atoms with Crippen molar-refractivity contribution in [3.05, 3.63) is 171 Å². The van der Waals surface area contributed by atoms with E-state index in [1.807, 2.05) is 71.9 Å². The molecule has 0 spiro atoms. The van der Waals surface area contributed by atoms with Crippen molar-refractivity contribution < 1.29 is 19.4 Å². The van der Waals surface area contributed by atoms with Crippen LogP contribution >= 0.6 is 11.6 Å². The fourth-order valence-electron chi connectivity index (χ4n) is 8.48. The van der Waals surface area contributed by atoms with E-state index < -0.39 is 11.8 Å². The molecule has 19 heteroatoms. The molecule has 4 N–H and O–H groups in total. The van der Waals surface area contributed by atoms with Crippen molar-refractivity contribution in [3.63, 3.8) is 0 Å². The van der Waals surface area contributed by atoms with Crippen LogP contribution in [0.2, 0.25) is 5.28 Å². The number of methoxy groups -OCH3 is 1. The van der Waals surface area contributed by atoms with Crippen LogP contribution in [0.3, 0.4) is 0 Å². The number of hydrogen-bond acceptors (Lipinski definition) is 14. The fourth-order valence-corrected chi connectivity index (χ4v) is 8.66. The Balaban J connectivity index is 0.000000170. The molecule has 0 amide bonds. The van der Waals surface area contributed by atoms with Gasteiger partial charge in [0.15, 0.2) is 34.2 Å². The quantitative estimate of drug-likeness (QED) is 0.0694. The molecule has 0 saturated carbocycles. The number of ketones is 2. The molecule has 2 atom stereocenters. The number of ether oxygens (including phenoxy) is 1. The van der Waals surface area contributed by atoms with Crippen LogP contribution in [-0.2, 0) is 53.1 Å². The second-order valence-electron chi connectivity index (χ2n) is 16.9. The fraction of sp³-hybridized carbons (Fsp3) is 0.321. The van der Waals surface area contributed by atoms with E-state index in [1.165, 1.54) is 5.56 Å². The number of Topliss-reactive ketones (excluding diaryl/α,β-unsaturated/α-hetero) is 2. The standard InChI is InChI=1S/C25H23N7O.C18H14ClN5O.C7H10N2.C3H8O2/c1-3-11-32-15-20-23(22-19-13-18(26-2)7-6-17(19)12-21(22)33)29-25(30-24(20)31-32)28-10-8-16-5-4-9-27-14-16;1-3-6-24-9-13-16(21-18(19)22-17(13)23-24)15-12-8-11(20-2)5-4-10(12)7-14(15)25;8-4-3-7-2-1-5-9-6-7;1-5-3-2-4/h4-7,9,13-15,22H,3,8,10-12H2,1H3,(H,28,30,31);4-5,8-9,15H,3,6-7H2,1H3;1-2,5-6H,3-4,8H2;4H,2-3H2,1H3. The minimum absolute atomic E-state index is 0.0523. The number of fused-ring (bicyclic) bond motifs is 4. The molecule has 0 aliphatic heterocycles. The van der Waals surface area contributed by atoms with Gasteiger partial charge in [0.1, 0.15) is 0 Å². The average molecular weight is 988 g/mol. The Hall–Kier alpha value is -7.87. The van der Waals surface area contributed by atoms with Gasteiger partial charge in [-0.2, -0.15) is 20.2 Å². The predicted molar refractivity (Wildman–Crippen MR) is 275 cm³/mol. The number of aryl methyl sites for hydroxylation is 2. The van der Waals surface area contributed by atoms with Crippen LogP contribution in [0.25, 0.3) is 31.8 Å². The van der Waals surface area contributed by atoms with E-state index >= 15 is 0 Å². The van der Waals surface area contributed by atoms with Gasteiger partial charge in [-0.05, 0) is 89.3 Å². The molecule has 8 aromatic rings. The summed E-state index contributed by atoms with van der Waals surface area (Å²) in [5, 5.41) is 21.9. The molecule has 0 radical (unpaired) electrons. The van der Waals surface area contributed by atoms with Crippen LogP contribution in [0.5, 0.6) is 0 Å². The van der Waals surface area contributed by atoms with E-state index in [9.17, 15) is 9.59 Å². The highest BCUT2D eigenvalue weighted by Gasteiger charge is 2.36. The number of pyridine rings is 2. The van der Waals surface area contributed by atoms with Crippen molar-refractivity contribution in [3.8, 4) is 0 Å². The normalized spacial score (nSPS) is 14.2. The number of benzene rings is 2. The Bertz CT molecular complexity index is 3220.